The maximum Gasteiger partial charge on any atom is 0.137 e. The molecule has 1 aromatic carbocycles. The Hall–Kier alpha value is -1.40. The van der Waals surface area contributed by atoms with Crippen molar-refractivity contribution in [3.63, 3.8) is 0 Å². The lowest BCUT2D eigenvalue weighted by Crippen LogP contribution is -2.21. The fraction of sp³-hybridized carbons (Fsp3) is 0.385. The fourth-order valence-electron chi connectivity index (χ4n) is 1.83. The Morgan fingerprint density at radius 1 is 1.47 bits per heavy atom. The van der Waals surface area contributed by atoms with E-state index in [2.05, 4.69) is 55.5 Å². The molecule has 0 aliphatic carbocycles. The molecule has 0 fully saturated rings. The van der Waals surface area contributed by atoms with Crippen molar-refractivity contribution < 1.29 is 4.74 Å². The van der Waals surface area contributed by atoms with Crippen molar-refractivity contribution in [1.82, 2.24) is 20.5 Å². The molecule has 6 heteroatoms. The van der Waals surface area contributed by atoms with E-state index in [1.165, 1.54) is 11.9 Å². The molecule has 0 radical (unpaired) electrons. The van der Waals surface area contributed by atoms with Crippen LogP contribution in [0.25, 0.3) is 0 Å². The number of aromatic amines is 1. The lowest BCUT2D eigenvalue weighted by molar-refractivity contribution is 0.411. The van der Waals surface area contributed by atoms with Gasteiger partial charge in [0.05, 0.1) is 11.6 Å². The van der Waals surface area contributed by atoms with Gasteiger partial charge in [0.1, 0.15) is 17.9 Å². The predicted octanol–water partition coefficient (Wildman–Crippen LogP) is 2.47. The summed E-state index contributed by atoms with van der Waals surface area (Å²) < 4.78 is 6.19. The summed E-state index contributed by atoms with van der Waals surface area (Å²) in [5.41, 5.74) is 1.21. The number of H-pyrrole nitrogens is 1. The smallest absolute Gasteiger partial charge is 0.137 e. The van der Waals surface area contributed by atoms with Gasteiger partial charge in [0.2, 0.25) is 0 Å². The number of ether oxygens (including phenoxy) is 1. The van der Waals surface area contributed by atoms with Gasteiger partial charge in [-0.2, -0.15) is 5.10 Å². The van der Waals surface area contributed by atoms with E-state index in [0.29, 0.717) is 0 Å². The van der Waals surface area contributed by atoms with E-state index >= 15 is 0 Å². The van der Waals surface area contributed by atoms with Crippen molar-refractivity contribution in [1.29, 1.82) is 0 Å². The van der Waals surface area contributed by atoms with E-state index in [9.17, 15) is 0 Å². The van der Waals surface area contributed by atoms with Crippen LogP contribution in [0.1, 0.15) is 24.4 Å². The largest absolute Gasteiger partial charge is 0.496 e. The van der Waals surface area contributed by atoms with Gasteiger partial charge >= 0.3 is 0 Å². The molecule has 1 atom stereocenters. The minimum absolute atomic E-state index is 0.269. The molecular weight excluding hydrogens is 308 g/mol. The quantitative estimate of drug-likeness (QED) is 0.856. The van der Waals surface area contributed by atoms with Gasteiger partial charge in [-0.05, 0) is 40.5 Å². The fourth-order valence-corrected chi connectivity index (χ4v) is 2.39. The molecule has 102 valence electrons. The molecule has 0 saturated carbocycles. The van der Waals surface area contributed by atoms with Crippen LogP contribution in [0.3, 0.4) is 0 Å². The van der Waals surface area contributed by atoms with Crippen LogP contribution in [0, 0.1) is 0 Å². The van der Waals surface area contributed by atoms with Crippen molar-refractivity contribution in [3.05, 3.63) is 40.4 Å². The Kier molecular flexibility index (Phi) is 4.93. The molecule has 19 heavy (non-hydrogen) atoms. The molecule has 2 aromatic rings. The minimum Gasteiger partial charge on any atom is -0.496 e. The van der Waals surface area contributed by atoms with Gasteiger partial charge in [0, 0.05) is 19.0 Å². The van der Waals surface area contributed by atoms with Crippen molar-refractivity contribution in [3.8, 4) is 5.75 Å². The molecule has 0 bridgehead atoms. The SMILES string of the molecule is COc1ccc(C(C)NCCc2ncn[nH]2)cc1Br. The van der Waals surface area contributed by atoms with Crippen molar-refractivity contribution in [2.75, 3.05) is 13.7 Å². The first-order valence-corrected chi connectivity index (χ1v) is 6.91. The molecule has 5 nitrogen and oxygen atoms in total. The summed E-state index contributed by atoms with van der Waals surface area (Å²) in [6, 6.07) is 6.37. The van der Waals surface area contributed by atoms with E-state index in [1.807, 2.05) is 6.07 Å². The van der Waals surface area contributed by atoms with Crippen LogP contribution in [0.4, 0.5) is 0 Å². The highest BCUT2D eigenvalue weighted by Crippen LogP contribution is 2.27. The molecule has 2 rings (SSSR count). The van der Waals surface area contributed by atoms with Crippen LogP contribution < -0.4 is 10.1 Å². The average molecular weight is 325 g/mol. The van der Waals surface area contributed by atoms with Crippen molar-refractivity contribution >= 4 is 15.9 Å². The third kappa shape index (κ3) is 3.78. The summed E-state index contributed by atoms with van der Waals surface area (Å²) in [4.78, 5) is 4.09. The van der Waals surface area contributed by atoms with Crippen LogP contribution in [-0.4, -0.2) is 28.8 Å². The van der Waals surface area contributed by atoms with Crippen LogP contribution in [0.5, 0.6) is 5.75 Å². The molecule has 1 aromatic heterocycles. The highest BCUT2D eigenvalue weighted by molar-refractivity contribution is 9.10. The van der Waals surface area contributed by atoms with E-state index in [4.69, 9.17) is 4.74 Å². The molecule has 0 spiro atoms. The number of nitrogens with zero attached hydrogens (tertiary/aromatic N) is 2. The van der Waals surface area contributed by atoms with E-state index in [-0.39, 0.29) is 6.04 Å². The lowest BCUT2D eigenvalue weighted by Gasteiger charge is -2.15. The maximum absolute atomic E-state index is 5.22. The third-order valence-electron chi connectivity index (χ3n) is 2.95. The van der Waals surface area contributed by atoms with E-state index in [0.717, 1.165) is 29.0 Å². The summed E-state index contributed by atoms with van der Waals surface area (Å²) in [5, 5.41) is 10.1. The number of nitrogens with one attached hydrogen (secondary N) is 2. The topological polar surface area (TPSA) is 62.8 Å². The first-order chi connectivity index (χ1) is 9.20. The Balaban J connectivity index is 1.88. The molecular formula is C13H17BrN4O. The standard InChI is InChI=1S/C13H17BrN4O/c1-9(15-6-5-13-16-8-17-18-13)10-3-4-12(19-2)11(14)7-10/h3-4,7-9,15H,5-6H2,1-2H3,(H,16,17,18). The van der Waals surface area contributed by atoms with Crippen molar-refractivity contribution in [2.45, 2.75) is 19.4 Å². The van der Waals surface area contributed by atoms with Gasteiger partial charge in [-0.3, -0.25) is 5.10 Å². The number of rotatable bonds is 6. The molecule has 1 unspecified atom stereocenters. The highest BCUT2D eigenvalue weighted by Gasteiger charge is 2.08. The van der Waals surface area contributed by atoms with Crippen LogP contribution in [-0.2, 0) is 6.42 Å². The first-order valence-electron chi connectivity index (χ1n) is 6.11. The first kappa shape index (κ1) is 14.0. The molecule has 0 saturated heterocycles. The number of hydrogen-bond donors (Lipinski definition) is 2. The minimum atomic E-state index is 0.269. The van der Waals surface area contributed by atoms with E-state index in [1.54, 1.807) is 7.11 Å². The molecule has 0 amide bonds. The Morgan fingerprint density at radius 3 is 2.95 bits per heavy atom. The third-order valence-corrected chi connectivity index (χ3v) is 3.57. The van der Waals surface area contributed by atoms with Gasteiger partial charge in [0.25, 0.3) is 0 Å². The van der Waals surface area contributed by atoms with Gasteiger partial charge in [-0.15, -0.1) is 0 Å². The zero-order chi connectivity index (χ0) is 13.7. The number of methoxy groups -OCH3 is 1. The second kappa shape index (κ2) is 6.68. The molecule has 0 aliphatic heterocycles. The molecule has 2 N–H and O–H groups in total. The monoisotopic (exact) mass is 324 g/mol. The summed E-state index contributed by atoms with van der Waals surface area (Å²) in [5.74, 6) is 1.74. The Bertz CT molecular complexity index is 515. The van der Waals surface area contributed by atoms with E-state index < -0.39 is 0 Å². The number of halogens is 1. The second-order valence-electron chi connectivity index (χ2n) is 4.25. The Labute approximate surface area is 120 Å². The van der Waals surface area contributed by atoms with Crippen LogP contribution in [0.15, 0.2) is 29.0 Å². The summed E-state index contributed by atoms with van der Waals surface area (Å²) in [6.45, 7) is 2.98. The number of benzene rings is 1. The molecule has 1 heterocycles. The number of hydrogen-bond acceptors (Lipinski definition) is 4. The Morgan fingerprint density at radius 2 is 2.32 bits per heavy atom. The van der Waals surface area contributed by atoms with Gasteiger partial charge in [-0.25, -0.2) is 4.98 Å². The van der Waals surface area contributed by atoms with Crippen LogP contribution >= 0.6 is 15.9 Å². The highest BCUT2D eigenvalue weighted by atomic mass is 79.9. The second-order valence-corrected chi connectivity index (χ2v) is 5.11. The molecule has 0 aliphatic rings. The lowest BCUT2D eigenvalue weighted by atomic mass is 10.1. The van der Waals surface area contributed by atoms with Crippen molar-refractivity contribution in [2.24, 2.45) is 0 Å². The summed E-state index contributed by atoms with van der Waals surface area (Å²) in [6.07, 6.45) is 2.36. The zero-order valence-corrected chi connectivity index (χ0v) is 12.6. The predicted molar refractivity (Wildman–Crippen MR) is 77.2 cm³/mol. The normalized spacial score (nSPS) is 12.4. The average Bonchev–Trinajstić information content (AvgIpc) is 2.91. The zero-order valence-electron chi connectivity index (χ0n) is 11.0. The maximum atomic E-state index is 5.22. The summed E-state index contributed by atoms with van der Waals surface area (Å²) >= 11 is 3.50. The van der Waals surface area contributed by atoms with Gasteiger partial charge in [0.15, 0.2) is 0 Å². The van der Waals surface area contributed by atoms with Gasteiger partial charge in [-0.1, -0.05) is 6.07 Å². The summed E-state index contributed by atoms with van der Waals surface area (Å²) in [7, 11) is 1.67. The number of aromatic nitrogens is 3. The van der Waals surface area contributed by atoms with Gasteiger partial charge < -0.3 is 10.1 Å². The van der Waals surface area contributed by atoms with Crippen LogP contribution in [0.2, 0.25) is 0 Å².